The van der Waals surface area contributed by atoms with Crippen molar-refractivity contribution in [2.75, 3.05) is 0 Å². The first-order valence-corrected chi connectivity index (χ1v) is 7.70. The van der Waals surface area contributed by atoms with E-state index in [1.807, 2.05) is 6.92 Å². The molecule has 2 rings (SSSR count). The third-order valence-electron chi connectivity index (χ3n) is 3.84. The van der Waals surface area contributed by atoms with E-state index in [0.29, 0.717) is 22.2 Å². The van der Waals surface area contributed by atoms with Gasteiger partial charge in [0.2, 0.25) is 0 Å². The predicted molar refractivity (Wildman–Crippen MR) is 84.5 cm³/mol. The van der Waals surface area contributed by atoms with Gasteiger partial charge in [-0.15, -0.1) is 11.3 Å². The zero-order chi connectivity index (χ0) is 15.8. The molecule has 5 heteroatoms. The van der Waals surface area contributed by atoms with Gasteiger partial charge in [0.25, 0.3) is 0 Å². The molecule has 0 spiro atoms. The highest BCUT2D eigenvalue weighted by atomic mass is 32.1. The van der Waals surface area contributed by atoms with Crippen molar-refractivity contribution >= 4 is 27.4 Å². The summed E-state index contributed by atoms with van der Waals surface area (Å²) in [4.78, 5) is 11.6. The maximum Gasteiger partial charge on any atom is 0.346 e. The first kappa shape index (κ1) is 15.9. The average molecular weight is 309 g/mol. The molecule has 1 aromatic heterocycles. The highest BCUT2D eigenvalue weighted by Gasteiger charge is 2.23. The molecule has 1 aromatic carbocycles. The molecule has 2 N–H and O–H groups in total. The molecule has 1 unspecified atom stereocenters. The number of aromatic carboxylic acids is 1. The van der Waals surface area contributed by atoms with Crippen LogP contribution in [-0.4, -0.2) is 17.1 Å². The Kier molecular flexibility index (Phi) is 4.35. The van der Waals surface area contributed by atoms with Gasteiger partial charge in [0.1, 0.15) is 10.7 Å². The second kappa shape index (κ2) is 5.73. The number of benzene rings is 1. The van der Waals surface area contributed by atoms with Crippen molar-refractivity contribution in [1.82, 2.24) is 5.32 Å². The summed E-state index contributed by atoms with van der Waals surface area (Å²) in [5.41, 5.74) is 0.588. The monoisotopic (exact) mass is 309 g/mol. The largest absolute Gasteiger partial charge is 0.477 e. The van der Waals surface area contributed by atoms with Crippen LogP contribution in [-0.2, 0) is 6.54 Å². The Balaban J connectivity index is 2.42. The van der Waals surface area contributed by atoms with Gasteiger partial charge in [-0.2, -0.15) is 0 Å². The Morgan fingerprint density at radius 3 is 2.67 bits per heavy atom. The molecule has 3 nitrogen and oxygen atoms in total. The zero-order valence-corrected chi connectivity index (χ0v) is 13.5. The Labute approximate surface area is 127 Å². The molecule has 21 heavy (non-hydrogen) atoms. The minimum absolute atomic E-state index is 0.0494. The summed E-state index contributed by atoms with van der Waals surface area (Å²) in [5, 5.41) is 13.1. The van der Waals surface area contributed by atoms with Gasteiger partial charge in [-0.05, 0) is 24.5 Å². The second-order valence-corrected chi connectivity index (χ2v) is 7.35. The van der Waals surface area contributed by atoms with Crippen molar-refractivity contribution < 1.29 is 14.3 Å². The maximum atomic E-state index is 14.1. The van der Waals surface area contributed by atoms with Crippen LogP contribution >= 0.6 is 11.3 Å². The van der Waals surface area contributed by atoms with Gasteiger partial charge in [0, 0.05) is 28.2 Å². The predicted octanol–water partition coefficient (Wildman–Crippen LogP) is 4.26. The molecule has 0 amide bonds. The zero-order valence-electron chi connectivity index (χ0n) is 12.7. The lowest BCUT2D eigenvalue weighted by Gasteiger charge is -2.28. The van der Waals surface area contributed by atoms with E-state index in [9.17, 15) is 14.3 Å². The highest BCUT2D eigenvalue weighted by Crippen LogP contribution is 2.33. The van der Waals surface area contributed by atoms with Crippen LogP contribution in [0, 0.1) is 11.2 Å². The van der Waals surface area contributed by atoms with E-state index in [1.54, 1.807) is 12.1 Å². The molecule has 0 aliphatic heterocycles. The summed E-state index contributed by atoms with van der Waals surface area (Å²) >= 11 is 1.13. The number of halogens is 1. The second-order valence-electron chi connectivity index (χ2n) is 6.30. The normalized spacial score (nSPS) is 13.6. The Hall–Kier alpha value is -1.46. The standard InChI is InChI=1S/C16H20FNO2S/c1-9(16(2,3)4)18-8-10-13-11(17)6-5-7-12(13)21-14(10)15(19)20/h5-7,9,18H,8H2,1-4H3,(H,19,20). The lowest BCUT2D eigenvalue weighted by atomic mass is 9.88. The minimum atomic E-state index is -1.00. The molecule has 0 saturated heterocycles. The molecule has 0 saturated carbocycles. The Morgan fingerprint density at radius 2 is 2.10 bits per heavy atom. The summed E-state index contributed by atoms with van der Waals surface area (Å²) in [6.07, 6.45) is 0. The third-order valence-corrected chi connectivity index (χ3v) is 5.03. The van der Waals surface area contributed by atoms with Crippen molar-refractivity contribution in [2.24, 2.45) is 5.41 Å². The quantitative estimate of drug-likeness (QED) is 0.887. The molecule has 0 radical (unpaired) electrons. The molecule has 0 aliphatic carbocycles. The summed E-state index contributed by atoms with van der Waals surface area (Å²) < 4.78 is 14.7. The number of nitrogens with one attached hydrogen (secondary N) is 1. The van der Waals surface area contributed by atoms with Gasteiger partial charge in [-0.3, -0.25) is 0 Å². The summed E-state index contributed by atoms with van der Waals surface area (Å²) in [5.74, 6) is -1.37. The first-order valence-electron chi connectivity index (χ1n) is 6.88. The average Bonchev–Trinajstić information content (AvgIpc) is 2.75. The van der Waals surface area contributed by atoms with Crippen LogP contribution in [0.3, 0.4) is 0 Å². The fourth-order valence-electron chi connectivity index (χ4n) is 2.07. The first-order chi connectivity index (χ1) is 9.71. The summed E-state index contributed by atoms with van der Waals surface area (Å²) in [7, 11) is 0. The molecule has 2 aromatic rings. The number of carbonyl (C=O) groups is 1. The molecule has 1 atom stereocenters. The van der Waals surface area contributed by atoms with Crippen molar-refractivity contribution in [3.05, 3.63) is 34.5 Å². The van der Waals surface area contributed by atoms with Gasteiger partial charge >= 0.3 is 5.97 Å². The van der Waals surface area contributed by atoms with Gasteiger partial charge < -0.3 is 10.4 Å². The van der Waals surface area contributed by atoms with Crippen LogP contribution in [0.2, 0.25) is 0 Å². The van der Waals surface area contributed by atoms with E-state index in [-0.39, 0.29) is 22.2 Å². The molecular formula is C16H20FNO2S. The van der Waals surface area contributed by atoms with Gasteiger partial charge in [0.05, 0.1) is 0 Å². The molecular weight excluding hydrogens is 289 g/mol. The smallest absolute Gasteiger partial charge is 0.346 e. The van der Waals surface area contributed by atoms with Gasteiger partial charge in [-0.1, -0.05) is 26.8 Å². The lowest BCUT2D eigenvalue weighted by molar-refractivity contribution is 0.0701. The number of rotatable bonds is 4. The summed E-state index contributed by atoms with van der Waals surface area (Å²) in [6, 6.07) is 4.92. The van der Waals surface area contributed by atoms with E-state index < -0.39 is 5.97 Å². The van der Waals surface area contributed by atoms with E-state index in [0.717, 1.165) is 11.3 Å². The van der Waals surface area contributed by atoms with E-state index >= 15 is 0 Å². The lowest BCUT2D eigenvalue weighted by Crippen LogP contribution is -2.37. The highest BCUT2D eigenvalue weighted by molar-refractivity contribution is 7.21. The van der Waals surface area contributed by atoms with Crippen LogP contribution in [0.5, 0.6) is 0 Å². The van der Waals surface area contributed by atoms with Crippen LogP contribution in [0.25, 0.3) is 10.1 Å². The van der Waals surface area contributed by atoms with E-state index in [4.69, 9.17) is 0 Å². The Bertz CT molecular complexity index is 673. The number of thiophene rings is 1. The van der Waals surface area contributed by atoms with Gasteiger partial charge in [-0.25, -0.2) is 9.18 Å². The maximum absolute atomic E-state index is 14.1. The number of carboxylic acids is 1. The number of fused-ring (bicyclic) bond motifs is 1. The third kappa shape index (κ3) is 3.24. The number of carboxylic acid groups (broad SMARTS) is 1. The topological polar surface area (TPSA) is 49.3 Å². The molecule has 0 aliphatic rings. The van der Waals surface area contributed by atoms with E-state index in [1.165, 1.54) is 6.07 Å². The fraction of sp³-hybridized carbons (Fsp3) is 0.438. The number of hydrogen-bond donors (Lipinski definition) is 2. The van der Waals surface area contributed by atoms with Crippen LogP contribution < -0.4 is 5.32 Å². The van der Waals surface area contributed by atoms with Crippen molar-refractivity contribution in [2.45, 2.75) is 40.3 Å². The Morgan fingerprint density at radius 1 is 1.43 bits per heavy atom. The SMILES string of the molecule is CC(NCc1c(C(=O)O)sc2cccc(F)c12)C(C)(C)C. The van der Waals surface area contributed by atoms with Crippen LogP contribution in [0.15, 0.2) is 18.2 Å². The minimum Gasteiger partial charge on any atom is -0.477 e. The van der Waals surface area contributed by atoms with Crippen molar-refractivity contribution in [3.63, 3.8) is 0 Å². The van der Waals surface area contributed by atoms with Crippen LogP contribution in [0.4, 0.5) is 4.39 Å². The van der Waals surface area contributed by atoms with Crippen molar-refractivity contribution in [3.8, 4) is 0 Å². The van der Waals surface area contributed by atoms with Gasteiger partial charge in [0.15, 0.2) is 0 Å². The molecule has 0 bridgehead atoms. The fourth-order valence-corrected chi connectivity index (χ4v) is 3.14. The van der Waals surface area contributed by atoms with E-state index in [2.05, 4.69) is 26.1 Å². The molecule has 114 valence electrons. The van der Waals surface area contributed by atoms with Crippen LogP contribution in [0.1, 0.15) is 42.9 Å². The number of hydrogen-bond acceptors (Lipinski definition) is 3. The van der Waals surface area contributed by atoms with Crippen molar-refractivity contribution in [1.29, 1.82) is 0 Å². The molecule has 1 heterocycles. The molecule has 0 fully saturated rings. The summed E-state index contributed by atoms with van der Waals surface area (Å²) in [6.45, 7) is 8.71.